The molecule has 0 saturated heterocycles. The molecular formula is C20H28N4O. The van der Waals surface area contributed by atoms with Crippen molar-refractivity contribution in [1.82, 2.24) is 14.9 Å². The Morgan fingerprint density at radius 3 is 2.64 bits per heavy atom. The third-order valence-electron chi connectivity index (χ3n) is 4.89. The minimum atomic E-state index is 0.0774. The zero-order valence-corrected chi connectivity index (χ0v) is 15.6. The summed E-state index contributed by atoms with van der Waals surface area (Å²) < 4.78 is 1.76. The van der Waals surface area contributed by atoms with Gasteiger partial charge in [-0.2, -0.15) is 0 Å². The number of rotatable bonds is 5. The summed E-state index contributed by atoms with van der Waals surface area (Å²) in [6.07, 6.45) is 0.806. The number of hydrogen-bond donors (Lipinski definition) is 2. The van der Waals surface area contributed by atoms with Gasteiger partial charge in [-0.3, -0.25) is 9.36 Å². The number of fused-ring (bicyclic) bond motifs is 1. The maximum atomic E-state index is 12.8. The fraction of sp³-hybridized carbons (Fsp3) is 0.500. The Hall–Kier alpha value is -2.14. The van der Waals surface area contributed by atoms with Crippen LogP contribution in [0.4, 0.5) is 5.95 Å². The molecule has 0 saturated carbocycles. The molecule has 0 fully saturated rings. The van der Waals surface area contributed by atoms with Crippen LogP contribution in [0.1, 0.15) is 49.2 Å². The monoisotopic (exact) mass is 340 g/mol. The van der Waals surface area contributed by atoms with Gasteiger partial charge < -0.3 is 10.6 Å². The van der Waals surface area contributed by atoms with Gasteiger partial charge in [-0.25, -0.2) is 4.98 Å². The van der Waals surface area contributed by atoms with E-state index in [1.165, 1.54) is 11.1 Å². The Labute approximate surface area is 149 Å². The predicted molar refractivity (Wildman–Crippen MR) is 102 cm³/mol. The molecule has 0 spiro atoms. The van der Waals surface area contributed by atoms with Gasteiger partial charge >= 0.3 is 0 Å². The molecule has 1 aromatic carbocycles. The van der Waals surface area contributed by atoms with Crippen LogP contribution in [0.3, 0.4) is 0 Å². The zero-order chi connectivity index (χ0) is 18.0. The van der Waals surface area contributed by atoms with Crippen molar-refractivity contribution >= 4 is 5.95 Å². The van der Waals surface area contributed by atoms with Gasteiger partial charge in [0.1, 0.15) is 0 Å². The molecule has 0 radical (unpaired) electrons. The molecule has 134 valence electrons. The average molecular weight is 340 g/mol. The summed E-state index contributed by atoms with van der Waals surface area (Å²) in [6, 6.07) is 8.69. The molecular weight excluding hydrogens is 312 g/mol. The summed E-state index contributed by atoms with van der Waals surface area (Å²) in [5.74, 6) is 1.06. The van der Waals surface area contributed by atoms with Gasteiger partial charge in [0.25, 0.3) is 5.56 Å². The first-order chi connectivity index (χ1) is 12.0. The highest BCUT2D eigenvalue weighted by Crippen LogP contribution is 2.26. The predicted octanol–water partition coefficient (Wildman–Crippen LogP) is 3.03. The fourth-order valence-electron chi connectivity index (χ4n) is 3.39. The molecule has 0 amide bonds. The van der Waals surface area contributed by atoms with Gasteiger partial charge in [-0.15, -0.1) is 0 Å². The molecule has 1 unspecified atom stereocenters. The third-order valence-corrected chi connectivity index (χ3v) is 4.89. The SMILES string of the molecule is CCn1c(NC(c2ccc(C)cc2)C(C)C)nc2c(c1=O)CNCC2. The lowest BCUT2D eigenvalue weighted by molar-refractivity contribution is 0.530. The van der Waals surface area contributed by atoms with Gasteiger partial charge in [0, 0.05) is 26.1 Å². The molecule has 2 aromatic rings. The smallest absolute Gasteiger partial charge is 0.259 e. The quantitative estimate of drug-likeness (QED) is 0.878. The van der Waals surface area contributed by atoms with Gasteiger partial charge in [0.05, 0.1) is 17.3 Å². The summed E-state index contributed by atoms with van der Waals surface area (Å²) in [5, 5.41) is 6.83. The van der Waals surface area contributed by atoms with E-state index in [2.05, 4.69) is 55.7 Å². The van der Waals surface area contributed by atoms with Crippen LogP contribution in [0.15, 0.2) is 29.1 Å². The van der Waals surface area contributed by atoms with Crippen LogP contribution in [0.2, 0.25) is 0 Å². The summed E-state index contributed by atoms with van der Waals surface area (Å²) in [5.41, 5.74) is 4.29. The summed E-state index contributed by atoms with van der Waals surface area (Å²) >= 11 is 0. The van der Waals surface area contributed by atoms with E-state index in [0.717, 1.165) is 24.2 Å². The lowest BCUT2D eigenvalue weighted by Crippen LogP contribution is -2.36. The van der Waals surface area contributed by atoms with Crippen LogP contribution in [0.5, 0.6) is 0 Å². The van der Waals surface area contributed by atoms with E-state index in [1.807, 2.05) is 6.92 Å². The minimum absolute atomic E-state index is 0.0774. The highest BCUT2D eigenvalue weighted by Gasteiger charge is 2.22. The Balaban J connectivity index is 2.01. The van der Waals surface area contributed by atoms with Gasteiger partial charge in [-0.1, -0.05) is 43.7 Å². The van der Waals surface area contributed by atoms with Crippen molar-refractivity contribution in [2.45, 2.75) is 53.2 Å². The fourth-order valence-corrected chi connectivity index (χ4v) is 3.39. The molecule has 2 N–H and O–H groups in total. The number of nitrogens with one attached hydrogen (secondary N) is 2. The molecule has 1 atom stereocenters. The molecule has 1 aromatic heterocycles. The van der Waals surface area contributed by atoms with E-state index in [0.29, 0.717) is 25.0 Å². The average Bonchev–Trinajstić information content (AvgIpc) is 2.60. The maximum absolute atomic E-state index is 12.8. The lowest BCUT2D eigenvalue weighted by atomic mass is 9.95. The topological polar surface area (TPSA) is 59.0 Å². The number of aryl methyl sites for hydroxylation is 1. The molecule has 0 aliphatic carbocycles. The highest BCUT2D eigenvalue weighted by molar-refractivity contribution is 5.38. The molecule has 25 heavy (non-hydrogen) atoms. The molecule has 0 bridgehead atoms. The first-order valence-corrected chi connectivity index (χ1v) is 9.17. The molecule has 5 heteroatoms. The second kappa shape index (κ2) is 7.40. The summed E-state index contributed by atoms with van der Waals surface area (Å²) in [4.78, 5) is 17.7. The number of aromatic nitrogens is 2. The number of benzene rings is 1. The van der Waals surface area contributed by atoms with E-state index in [-0.39, 0.29) is 11.6 Å². The van der Waals surface area contributed by atoms with Gasteiger partial charge in [0.15, 0.2) is 0 Å². The van der Waals surface area contributed by atoms with E-state index in [1.54, 1.807) is 4.57 Å². The lowest BCUT2D eigenvalue weighted by Gasteiger charge is -2.27. The second-order valence-electron chi connectivity index (χ2n) is 7.11. The molecule has 5 nitrogen and oxygen atoms in total. The van der Waals surface area contributed by atoms with Gasteiger partial charge in [-0.05, 0) is 25.3 Å². The summed E-state index contributed by atoms with van der Waals surface area (Å²) in [7, 11) is 0. The zero-order valence-electron chi connectivity index (χ0n) is 15.6. The number of anilines is 1. The van der Waals surface area contributed by atoms with E-state index < -0.39 is 0 Å². The Bertz CT molecular complexity index is 793. The number of nitrogens with zero attached hydrogens (tertiary/aromatic N) is 2. The van der Waals surface area contributed by atoms with Crippen LogP contribution < -0.4 is 16.2 Å². The van der Waals surface area contributed by atoms with Crippen molar-refractivity contribution in [2.75, 3.05) is 11.9 Å². The molecule has 1 aliphatic rings. The normalized spacial score (nSPS) is 15.1. The van der Waals surface area contributed by atoms with Crippen molar-refractivity contribution < 1.29 is 0 Å². The van der Waals surface area contributed by atoms with Crippen molar-refractivity contribution in [2.24, 2.45) is 5.92 Å². The van der Waals surface area contributed by atoms with Crippen LogP contribution in [-0.2, 0) is 19.5 Å². The van der Waals surface area contributed by atoms with Crippen molar-refractivity contribution in [3.05, 3.63) is 57.0 Å². The van der Waals surface area contributed by atoms with Crippen molar-refractivity contribution in [3.8, 4) is 0 Å². The van der Waals surface area contributed by atoms with E-state index >= 15 is 0 Å². The van der Waals surface area contributed by atoms with Gasteiger partial charge in [0.2, 0.25) is 5.95 Å². The largest absolute Gasteiger partial charge is 0.348 e. The second-order valence-corrected chi connectivity index (χ2v) is 7.11. The van der Waals surface area contributed by atoms with E-state index in [9.17, 15) is 4.79 Å². The Morgan fingerprint density at radius 2 is 2.00 bits per heavy atom. The first kappa shape index (κ1) is 17.7. The van der Waals surface area contributed by atoms with Crippen LogP contribution in [0.25, 0.3) is 0 Å². The van der Waals surface area contributed by atoms with Crippen molar-refractivity contribution in [3.63, 3.8) is 0 Å². The first-order valence-electron chi connectivity index (χ1n) is 9.17. The van der Waals surface area contributed by atoms with Crippen LogP contribution >= 0.6 is 0 Å². The van der Waals surface area contributed by atoms with Crippen LogP contribution in [0, 0.1) is 12.8 Å². The summed E-state index contributed by atoms with van der Waals surface area (Å²) in [6.45, 7) is 10.6. The maximum Gasteiger partial charge on any atom is 0.259 e. The van der Waals surface area contributed by atoms with Crippen LogP contribution in [-0.4, -0.2) is 16.1 Å². The van der Waals surface area contributed by atoms with Crippen molar-refractivity contribution in [1.29, 1.82) is 0 Å². The highest BCUT2D eigenvalue weighted by atomic mass is 16.1. The van der Waals surface area contributed by atoms with E-state index in [4.69, 9.17) is 4.98 Å². The molecule has 1 aliphatic heterocycles. The third kappa shape index (κ3) is 3.61. The number of hydrogen-bond acceptors (Lipinski definition) is 4. The standard InChI is InChI=1S/C20H28N4O/c1-5-24-19(25)16-12-21-11-10-17(16)22-20(24)23-18(13(2)3)15-8-6-14(4)7-9-15/h6-9,13,18,21H,5,10-12H2,1-4H3,(H,22,23). The molecule has 2 heterocycles. The Morgan fingerprint density at radius 1 is 1.28 bits per heavy atom. The Kier molecular flexibility index (Phi) is 5.23. The molecule has 3 rings (SSSR count). The minimum Gasteiger partial charge on any atom is -0.348 e.